The van der Waals surface area contributed by atoms with E-state index in [2.05, 4.69) is 5.10 Å². The summed E-state index contributed by atoms with van der Waals surface area (Å²) in [5.41, 5.74) is 0.507. The number of aromatic nitrogens is 2. The molecule has 0 bridgehead atoms. The van der Waals surface area contributed by atoms with Gasteiger partial charge in [0, 0.05) is 33.3 Å². The summed E-state index contributed by atoms with van der Waals surface area (Å²) in [6.07, 6.45) is 6.07. The van der Waals surface area contributed by atoms with Crippen LogP contribution < -0.4 is 10.5 Å². The lowest BCUT2D eigenvalue weighted by Gasteiger charge is -2.20. The fourth-order valence-corrected chi connectivity index (χ4v) is 2.34. The molecule has 0 aromatic carbocycles. The van der Waals surface area contributed by atoms with E-state index in [0.29, 0.717) is 0 Å². The lowest BCUT2D eigenvalue weighted by Crippen LogP contribution is -2.37. The third-order valence-corrected chi connectivity index (χ3v) is 3.62. The maximum absolute atomic E-state index is 12.2. The standard InChI is InChI=1S/C14H22N4O2/c1-16(2)12-9-13(19)18(15-10-12)11-14(20)17-7-5-3-4-6-8-17/h9-10H,3-8,11H2,1-2H3. The SMILES string of the molecule is CN(C)c1cnn(CC(=O)N2CCCCCC2)c(=O)c1. The number of amides is 1. The number of carbonyl (C=O) groups excluding carboxylic acids is 1. The van der Waals surface area contributed by atoms with Gasteiger partial charge in [-0.25, -0.2) is 4.68 Å². The van der Waals surface area contributed by atoms with Crippen LogP contribution in [0.15, 0.2) is 17.1 Å². The van der Waals surface area contributed by atoms with Crippen LogP contribution in [0.1, 0.15) is 25.7 Å². The van der Waals surface area contributed by atoms with Crippen molar-refractivity contribution < 1.29 is 4.79 Å². The molecular weight excluding hydrogens is 256 g/mol. The number of nitrogens with zero attached hydrogens (tertiary/aromatic N) is 4. The number of likely N-dealkylation sites (tertiary alicyclic amines) is 1. The van der Waals surface area contributed by atoms with Gasteiger partial charge in [-0.05, 0) is 12.8 Å². The summed E-state index contributed by atoms with van der Waals surface area (Å²) >= 11 is 0. The predicted molar refractivity (Wildman–Crippen MR) is 77.9 cm³/mol. The Morgan fingerprint density at radius 2 is 1.90 bits per heavy atom. The average Bonchev–Trinajstić information content (AvgIpc) is 2.69. The minimum Gasteiger partial charge on any atom is -0.376 e. The van der Waals surface area contributed by atoms with Gasteiger partial charge in [-0.2, -0.15) is 5.10 Å². The molecule has 0 atom stereocenters. The van der Waals surface area contributed by atoms with E-state index in [1.807, 2.05) is 23.9 Å². The average molecular weight is 278 g/mol. The Kier molecular flexibility index (Phi) is 4.76. The van der Waals surface area contributed by atoms with Gasteiger partial charge in [-0.3, -0.25) is 9.59 Å². The number of anilines is 1. The van der Waals surface area contributed by atoms with E-state index in [9.17, 15) is 9.59 Å². The molecular formula is C14H22N4O2. The lowest BCUT2D eigenvalue weighted by molar-refractivity contribution is -0.132. The minimum atomic E-state index is -0.237. The molecule has 110 valence electrons. The van der Waals surface area contributed by atoms with Gasteiger partial charge >= 0.3 is 0 Å². The Bertz CT molecular complexity index is 516. The van der Waals surface area contributed by atoms with E-state index in [-0.39, 0.29) is 18.0 Å². The second-order valence-electron chi connectivity index (χ2n) is 5.40. The first-order valence-electron chi connectivity index (χ1n) is 7.10. The van der Waals surface area contributed by atoms with E-state index in [4.69, 9.17) is 0 Å². The second-order valence-corrected chi connectivity index (χ2v) is 5.40. The summed E-state index contributed by atoms with van der Waals surface area (Å²) in [6.45, 7) is 1.62. The van der Waals surface area contributed by atoms with Gasteiger partial charge in [0.15, 0.2) is 0 Å². The molecule has 0 N–H and O–H groups in total. The molecule has 0 aliphatic carbocycles. The Morgan fingerprint density at radius 1 is 1.25 bits per heavy atom. The van der Waals surface area contributed by atoms with E-state index < -0.39 is 0 Å². The topological polar surface area (TPSA) is 58.4 Å². The molecule has 1 aliphatic rings. The fourth-order valence-electron chi connectivity index (χ4n) is 2.34. The van der Waals surface area contributed by atoms with Crippen LogP contribution in [0.2, 0.25) is 0 Å². The van der Waals surface area contributed by atoms with Crippen LogP contribution in [0.25, 0.3) is 0 Å². The van der Waals surface area contributed by atoms with E-state index in [1.54, 1.807) is 6.20 Å². The van der Waals surface area contributed by atoms with Crippen LogP contribution in [0.5, 0.6) is 0 Å². The number of rotatable bonds is 3. The maximum Gasteiger partial charge on any atom is 0.269 e. The van der Waals surface area contributed by atoms with E-state index in [0.717, 1.165) is 31.6 Å². The van der Waals surface area contributed by atoms with Crippen LogP contribution in [0.4, 0.5) is 5.69 Å². The van der Waals surface area contributed by atoms with Crippen molar-refractivity contribution in [3.05, 3.63) is 22.6 Å². The van der Waals surface area contributed by atoms with Crippen molar-refractivity contribution in [1.82, 2.24) is 14.7 Å². The molecule has 0 saturated carbocycles. The van der Waals surface area contributed by atoms with Crippen LogP contribution in [0, 0.1) is 0 Å². The van der Waals surface area contributed by atoms with Gasteiger partial charge in [-0.1, -0.05) is 12.8 Å². The van der Waals surface area contributed by atoms with Crippen LogP contribution in [0.3, 0.4) is 0 Å². The van der Waals surface area contributed by atoms with Crippen molar-refractivity contribution in [2.24, 2.45) is 0 Å². The third kappa shape index (κ3) is 3.59. The molecule has 6 heteroatoms. The van der Waals surface area contributed by atoms with Gasteiger partial charge < -0.3 is 9.80 Å². The normalized spacial score (nSPS) is 15.8. The molecule has 1 fully saturated rings. The van der Waals surface area contributed by atoms with Crippen molar-refractivity contribution in [3.8, 4) is 0 Å². The highest BCUT2D eigenvalue weighted by atomic mass is 16.2. The fraction of sp³-hybridized carbons (Fsp3) is 0.643. The summed E-state index contributed by atoms with van der Waals surface area (Å²) < 4.78 is 1.24. The first-order chi connectivity index (χ1) is 9.58. The number of hydrogen-bond acceptors (Lipinski definition) is 4. The van der Waals surface area contributed by atoms with Gasteiger partial charge in [-0.15, -0.1) is 0 Å². The minimum absolute atomic E-state index is 0.0147. The quantitative estimate of drug-likeness (QED) is 0.817. The molecule has 2 rings (SSSR count). The first-order valence-corrected chi connectivity index (χ1v) is 7.10. The molecule has 0 spiro atoms. The van der Waals surface area contributed by atoms with Gasteiger partial charge in [0.25, 0.3) is 5.56 Å². The van der Waals surface area contributed by atoms with Crippen LogP contribution >= 0.6 is 0 Å². The monoisotopic (exact) mass is 278 g/mol. The summed E-state index contributed by atoms with van der Waals surface area (Å²) in [4.78, 5) is 27.8. The second kappa shape index (κ2) is 6.54. The van der Waals surface area contributed by atoms with Crippen LogP contribution in [-0.2, 0) is 11.3 Å². The zero-order valence-corrected chi connectivity index (χ0v) is 12.2. The van der Waals surface area contributed by atoms with Crippen molar-refractivity contribution in [1.29, 1.82) is 0 Å². The highest BCUT2D eigenvalue weighted by Gasteiger charge is 2.16. The van der Waals surface area contributed by atoms with E-state index in [1.165, 1.54) is 23.6 Å². The van der Waals surface area contributed by atoms with Crippen molar-refractivity contribution in [2.45, 2.75) is 32.2 Å². The third-order valence-electron chi connectivity index (χ3n) is 3.62. The van der Waals surface area contributed by atoms with Crippen molar-refractivity contribution >= 4 is 11.6 Å². The number of carbonyl (C=O) groups is 1. The maximum atomic E-state index is 12.2. The molecule has 20 heavy (non-hydrogen) atoms. The molecule has 0 radical (unpaired) electrons. The zero-order valence-electron chi connectivity index (χ0n) is 12.2. The molecule has 1 aromatic heterocycles. The molecule has 1 aromatic rings. The van der Waals surface area contributed by atoms with Crippen molar-refractivity contribution in [3.63, 3.8) is 0 Å². The van der Waals surface area contributed by atoms with Gasteiger partial charge in [0.2, 0.25) is 5.91 Å². The van der Waals surface area contributed by atoms with Crippen molar-refractivity contribution in [2.75, 3.05) is 32.1 Å². The Labute approximate surface area is 119 Å². The summed E-state index contributed by atoms with van der Waals surface area (Å²) in [7, 11) is 3.70. The highest BCUT2D eigenvalue weighted by Crippen LogP contribution is 2.10. The molecule has 6 nitrogen and oxygen atoms in total. The van der Waals surface area contributed by atoms with Gasteiger partial charge in [0.05, 0.1) is 11.9 Å². The molecule has 1 aliphatic heterocycles. The highest BCUT2D eigenvalue weighted by molar-refractivity contribution is 5.75. The molecule has 0 unspecified atom stereocenters. The predicted octanol–water partition coefficient (Wildman–Crippen LogP) is 0.712. The first kappa shape index (κ1) is 14.6. The number of hydrogen-bond donors (Lipinski definition) is 0. The Morgan fingerprint density at radius 3 is 2.45 bits per heavy atom. The summed E-state index contributed by atoms with van der Waals surface area (Å²) in [5, 5.41) is 4.07. The molecule has 2 heterocycles. The Balaban J connectivity index is 2.05. The molecule has 1 amide bonds. The van der Waals surface area contributed by atoms with E-state index >= 15 is 0 Å². The zero-order chi connectivity index (χ0) is 14.5. The van der Waals surface area contributed by atoms with Gasteiger partial charge in [0.1, 0.15) is 6.54 Å². The smallest absolute Gasteiger partial charge is 0.269 e. The lowest BCUT2D eigenvalue weighted by atomic mass is 10.2. The van der Waals surface area contributed by atoms with Crippen LogP contribution in [-0.4, -0.2) is 47.8 Å². The Hall–Kier alpha value is -1.85. The summed E-state index contributed by atoms with van der Waals surface area (Å²) in [5.74, 6) is -0.0147. The molecule has 1 saturated heterocycles. The summed E-state index contributed by atoms with van der Waals surface area (Å²) in [6, 6.07) is 1.50. The largest absolute Gasteiger partial charge is 0.376 e.